The SMILES string of the molecule is C#CCN1CCC(N[C@H](C)c2ccccc2Br)CC1. The number of likely N-dealkylation sites (tertiary alicyclic amines) is 1. The predicted octanol–water partition coefficient (Wildman–Crippen LogP) is 3.20. The largest absolute Gasteiger partial charge is 0.307 e. The Kier molecular flexibility index (Phi) is 5.45. The van der Waals surface area contributed by atoms with Crippen molar-refractivity contribution in [3.8, 4) is 12.3 Å². The van der Waals surface area contributed by atoms with Gasteiger partial charge in [-0.2, -0.15) is 0 Å². The van der Waals surface area contributed by atoms with E-state index in [-0.39, 0.29) is 0 Å². The van der Waals surface area contributed by atoms with E-state index < -0.39 is 0 Å². The van der Waals surface area contributed by atoms with Crippen LogP contribution in [-0.4, -0.2) is 30.6 Å². The Morgan fingerprint density at radius 2 is 2.11 bits per heavy atom. The van der Waals surface area contributed by atoms with Gasteiger partial charge in [-0.1, -0.05) is 40.0 Å². The molecule has 1 fully saturated rings. The lowest BCUT2D eigenvalue weighted by atomic mass is 10.0. The van der Waals surface area contributed by atoms with Crippen molar-refractivity contribution < 1.29 is 0 Å². The number of terminal acetylenes is 1. The molecule has 1 N–H and O–H groups in total. The molecule has 2 nitrogen and oxygen atoms in total. The molecular weight excluding hydrogens is 300 g/mol. The summed E-state index contributed by atoms with van der Waals surface area (Å²) >= 11 is 3.62. The molecule has 0 aromatic heterocycles. The lowest BCUT2D eigenvalue weighted by Gasteiger charge is -2.33. The fourth-order valence-electron chi connectivity index (χ4n) is 2.66. The molecule has 1 saturated heterocycles. The molecule has 3 heteroatoms. The van der Waals surface area contributed by atoms with Gasteiger partial charge in [-0.15, -0.1) is 6.42 Å². The Balaban J connectivity index is 1.86. The van der Waals surface area contributed by atoms with Gasteiger partial charge in [-0.3, -0.25) is 4.90 Å². The van der Waals surface area contributed by atoms with Crippen LogP contribution in [0, 0.1) is 12.3 Å². The molecule has 19 heavy (non-hydrogen) atoms. The summed E-state index contributed by atoms with van der Waals surface area (Å²) in [4.78, 5) is 2.35. The second kappa shape index (κ2) is 7.09. The minimum Gasteiger partial charge on any atom is -0.307 e. The molecule has 0 bridgehead atoms. The molecule has 0 aliphatic carbocycles. The minimum absolute atomic E-state index is 0.375. The van der Waals surface area contributed by atoms with Crippen molar-refractivity contribution in [2.24, 2.45) is 0 Å². The summed E-state index contributed by atoms with van der Waals surface area (Å²) in [5.41, 5.74) is 1.33. The van der Waals surface area contributed by atoms with Crippen LogP contribution in [0.15, 0.2) is 28.7 Å². The summed E-state index contributed by atoms with van der Waals surface area (Å²) in [5, 5.41) is 3.73. The van der Waals surface area contributed by atoms with E-state index in [2.05, 4.69) is 63.3 Å². The molecule has 1 aliphatic heterocycles. The number of nitrogens with zero attached hydrogens (tertiary/aromatic N) is 1. The van der Waals surface area contributed by atoms with Crippen LogP contribution in [-0.2, 0) is 0 Å². The molecule has 1 heterocycles. The van der Waals surface area contributed by atoms with E-state index in [0.29, 0.717) is 12.1 Å². The molecular formula is C16H21BrN2. The van der Waals surface area contributed by atoms with Crippen molar-refractivity contribution in [1.29, 1.82) is 0 Å². The number of nitrogens with one attached hydrogen (secondary N) is 1. The molecule has 0 amide bonds. The highest BCUT2D eigenvalue weighted by molar-refractivity contribution is 9.10. The van der Waals surface area contributed by atoms with Gasteiger partial charge in [0.1, 0.15) is 0 Å². The highest BCUT2D eigenvalue weighted by Crippen LogP contribution is 2.24. The van der Waals surface area contributed by atoms with Gasteiger partial charge < -0.3 is 5.32 Å². The Hall–Kier alpha value is -0.820. The number of hydrogen-bond acceptors (Lipinski definition) is 2. The summed E-state index contributed by atoms with van der Waals surface area (Å²) in [7, 11) is 0. The summed E-state index contributed by atoms with van der Waals surface area (Å²) in [6.45, 7) is 5.22. The summed E-state index contributed by atoms with van der Waals surface area (Å²) in [5.74, 6) is 2.73. The van der Waals surface area contributed by atoms with Crippen LogP contribution in [0.3, 0.4) is 0 Å². The van der Waals surface area contributed by atoms with Crippen molar-refractivity contribution in [1.82, 2.24) is 10.2 Å². The fraction of sp³-hybridized carbons (Fsp3) is 0.500. The van der Waals surface area contributed by atoms with E-state index in [1.807, 2.05) is 0 Å². The standard InChI is InChI=1S/C16H21BrN2/c1-3-10-19-11-8-14(9-12-19)18-13(2)15-6-4-5-7-16(15)17/h1,4-7,13-14,18H,8-12H2,2H3/t13-/m1/s1. The highest BCUT2D eigenvalue weighted by Gasteiger charge is 2.20. The Morgan fingerprint density at radius 1 is 1.42 bits per heavy atom. The highest BCUT2D eigenvalue weighted by atomic mass is 79.9. The zero-order valence-electron chi connectivity index (χ0n) is 11.4. The third-order valence-electron chi connectivity index (χ3n) is 3.76. The molecule has 0 unspecified atom stereocenters. The first-order valence-corrected chi connectivity index (χ1v) is 7.66. The Bertz CT molecular complexity index is 444. The number of piperidine rings is 1. The average molecular weight is 321 g/mol. The first kappa shape index (κ1) is 14.6. The van der Waals surface area contributed by atoms with Gasteiger partial charge in [0.25, 0.3) is 0 Å². The molecule has 1 aliphatic rings. The zero-order chi connectivity index (χ0) is 13.7. The van der Waals surface area contributed by atoms with E-state index in [0.717, 1.165) is 19.6 Å². The second-order valence-electron chi connectivity index (χ2n) is 5.16. The summed E-state index contributed by atoms with van der Waals surface area (Å²) < 4.78 is 1.18. The van der Waals surface area contributed by atoms with Gasteiger partial charge in [0.2, 0.25) is 0 Å². The van der Waals surface area contributed by atoms with E-state index in [1.54, 1.807) is 0 Å². The van der Waals surface area contributed by atoms with Crippen LogP contribution in [0.25, 0.3) is 0 Å². The van der Waals surface area contributed by atoms with Gasteiger partial charge in [0, 0.05) is 29.6 Å². The lowest BCUT2D eigenvalue weighted by Crippen LogP contribution is -2.43. The maximum Gasteiger partial charge on any atom is 0.0598 e. The van der Waals surface area contributed by atoms with E-state index in [9.17, 15) is 0 Å². The summed E-state index contributed by atoms with van der Waals surface area (Å²) in [6, 6.07) is 9.39. The first-order chi connectivity index (χ1) is 9.20. The molecule has 1 aromatic carbocycles. The molecule has 0 radical (unpaired) electrons. The van der Waals surface area contributed by atoms with Crippen LogP contribution in [0.1, 0.15) is 31.4 Å². The topological polar surface area (TPSA) is 15.3 Å². The second-order valence-corrected chi connectivity index (χ2v) is 6.02. The third kappa shape index (κ3) is 4.07. The molecule has 0 spiro atoms. The van der Waals surface area contributed by atoms with Crippen LogP contribution in [0.2, 0.25) is 0 Å². The molecule has 102 valence electrons. The van der Waals surface area contributed by atoms with Gasteiger partial charge in [0.05, 0.1) is 6.54 Å². The van der Waals surface area contributed by atoms with E-state index in [1.165, 1.54) is 22.9 Å². The van der Waals surface area contributed by atoms with Crippen molar-refractivity contribution in [3.05, 3.63) is 34.3 Å². The van der Waals surface area contributed by atoms with Crippen LogP contribution >= 0.6 is 15.9 Å². The minimum atomic E-state index is 0.375. The monoisotopic (exact) mass is 320 g/mol. The van der Waals surface area contributed by atoms with Gasteiger partial charge in [0.15, 0.2) is 0 Å². The number of benzene rings is 1. The third-order valence-corrected chi connectivity index (χ3v) is 4.48. The van der Waals surface area contributed by atoms with Crippen LogP contribution in [0.5, 0.6) is 0 Å². The Labute approximate surface area is 124 Å². The van der Waals surface area contributed by atoms with E-state index >= 15 is 0 Å². The van der Waals surface area contributed by atoms with Crippen molar-refractivity contribution in [2.75, 3.05) is 19.6 Å². The normalized spacial score (nSPS) is 19.0. The maximum absolute atomic E-state index is 5.35. The van der Waals surface area contributed by atoms with Gasteiger partial charge in [-0.05, 0) is 31.4 Å². The molecule has 2 rings (SSSR count). The van der Waals surface area contributed by atoms with Crippen LogP contribution in [0.4, 0.5) is 0 Å². The van der Waals surface area contributed by atoms with Gasteiger partial charge in [-0.25, -0.2) is 0 Å². The van der Waals surface area contributed by atoms with Crippen molar-refractivity contribution >= 4 is 15.9 Å². The first-order valence-electron chi connectivity index (χ1n) is 6.87. The van der Waals surface area contributed by atoms with E-state index in [4.69, 9.17) is 6.42 Å². The zero-order valence-corrected chi connectivity index (χ0v) is 13.0. The smallest absolute Gasteiger partial charge is 0.0598 e. The van der Waals surface area contributed by atoms with Crippen molar-refractivity contribution in [2.45, 2.75) is 31.8 Å². The Morgan fingerprint density at radius 3 is 2.74 bits per heavy atom. The quantitative estimate of drug-likeness (QED) is 0.857. The lowest BCUT2D eigenvalue weighted by molar-refractivity contribution is 0.211. The maximum atomic E-state index is 5.35. The molecule has 1 aromatic rings. The molecule has 0 saturated carbocycles. The number of hydrogen-bond donors (Lipinski definition) is 1. The van der Waals surface area contributed by atoms with Crippen LogP contribution < -0.4 is 5.32 Å². The summed E-state index contributed by atoms with van der Waals surface area (Å²) in [6.07, 6.45) is 7.71. The molecule has 1 atom stereocenters. The predicted molar refractivity (Wildman–Crippen MR) is 84.0 cm³/mol. The average Bonchev–Trinajstić information content (AvgIpc) is 2.42. The fourth-order valence-corrected chi connectivity index (χ4v) is 3.28. The number of halogens is 1. The number of rotatable bonds is 4. The van der Waals surface area contributed by atoms with Gasteiger partial charge >= 0.3 is 0 Å². The van der Waals surface area contributed by atoms with Crippen molar-refractivity contribution in [3.63, 3.8) is 0 Å².